The zero-order chi connectivity index (χ0) is 8.15. The zero-order valence-electron chi connectivity index (χ0n) is 7.18. The van der Waals surface area contributed by atoms with Crippen LogP contribution in [-0.4, -0.2) is 10.4 Å². The van der Waals surface area contributed by atoms with Gasteiger partial charge in [-0.2, -0.15) is 0 Å². The normalized spacial score (nSPS) is 13.7. The van der Waals surface area contributed by atoms with Crippen molar-refractivity contribution in [1.29, 1.82) is 0 Å². The molecule has 0 heterocycles. The number of carbonyl (C=O) groups excluding carboxylic acids is 1. The molecule has 0 aromatic rings. The van der Waals surface area contributed by atoms with Crippen LogP contribution in [0.5, 0.6) is 0 Å². The van der Waals surface area contributed by atoms with Crippen LogP contribution < -0.4 is 0 Å². The van der Waals surface area contributed by atoms with Crippen LogP contribution in [0.1, 0.15) is 34.1 Å². The Kier molecular flexibility index (Phi) is 4.79. The van der Waals surface area contributed by atoms with E-state index in [1.54, 1.807) is 6.92 Å². The van der Waals surface area contributed by atoms with E-state index in [0.29, 0.717) is 11.2 Å². The lowest BCUT2D eigenvalue weighted by Gasteiger charge is -2.10. The Morgan fingerprint density at radius 1 is 1.40 bits per heavy atom. The van der Waals surface area contributed by atoms with Crippen molar-refractivity contribution in [2.24, 2.45) is 5.92 Å². The van der Waals surface area contributed by atoms with E-state index in [9.17, 15) is 4.79 Å². The van der Waals surface area contributed by atoms with Crippen molar-refractivity contribution >= 4 is 16.9 Å². The predicted molar refractivity (Wildman–Crippen MR) is 47.2 cm³/mol. The molecule has 60 valence electrons. The largest absolute Gasteiger partial charge is 0.288 e. The standard InChI is InChI=1S/C8H16OS/c1-6(2)5-7(3)10-8(4)9/h6-7H,5H2,1-4H3. The van der Waals surface area contributed by atoms with Gasteiger partial charge in [0.25, 0.3) is 0 Å². The first-order chi connectivity index (χ1) is 4.52. The molecule has 0 aromatic heterocycles. The van der Waals surface area contributed by atoms with E-state index in [1.165, 1.54) is 11.8 Å². The molecule has 0 aliphatic heterocycles. The molecule has 0 aliphatic rings. The fourth-order valence-corrected chi connectivity index (χ4v) is 2.04. The van der Waals surface area contributed by atoms with Crippen LogP contribution in [0.4, 0.5) is 0 Å². The Morgan fingerprint density at radius 3 is 2.20 bits per heavy atom. The maximum absolute atomic E-state index is 10.6. The van der Waals surface area contributed by atoms with E-state index in [4.69, 9.17) is 0 Å². The highest BCUT2D eigenvalue weighted by Gasteiger charge is 2.07. The third kappa shape index (κ3) is 6.14. The Hall–Kier alpha value is 0.0200. The van der Waals surface area contributed by atoms with E-state index < -0.39 is 0 Å². The number of thioether (sulfide) groups is 1. The molecule has 2 heteroatoms. The van der Waals surface area contributed by atoms with Crippen molar-refractivity contribution in [3.8, 4) is 0 Å². The van der Waals surface area contributed by atoms with Gasteiger partial charge in [-0.25, -0.2) is 0 Å². The molecule has 0 fully saturated rings. The van der Waals surface area contributed by atoms with Crippen LogP contribution in [0.15, 0.2) is 0 Å². The van der Waals surface area contributed by atoms with E-state index in [2.05, 4.69) is 20.8 Å². The Balaban J connectivity index is 3.43. The van der Waals surface area contributed by atoms with Crippen LogP contribution in [0, 0.1) is 5.92 Å². The summed E-state index contributed by atoms with van der Waals surface area (Å²) in [5.74, 6) is 0.696. The minimum absolute atomic E-state index is 0.230. The van der Waals surface area contributed by atoms with Gasteiger partial charge in [0.2, 0.25) is 0 Å². The second-order valence-corrected chi connectivity index (χ2v) is 4.66. The van der Waals surface area contributed by atoms with Gasteiger partial charge in [-0.05, 0) is 12.3 Å². The quantitative estimate of drug-likeness (QED) is 0.631. The van der Waals surface area contributed by atoms with E-state index >= 15 is 0 Å². The van der Waals surface area contributed by atoms with Crippen molar-refractivity contribution in [1.82, 2.24) is 0 Å². The smallest absolute Gasteiger partial charge is 0.186 e. The Labute approximate surface area is 67.6 Å². The van der Waals surface area contributed by atoms with Gasteiger partial charge in [0, 0.05) is 12.2 Å². The molecular weight excluding hydrogens is 144 g/mol. The molecule has 0 spiro atoms. The van der Waals surface area contributed by atoms with Crippen LogP contribution in [0.2, 0.25) is 0 Å². The highest BCUT2D eigenvalue weighted by atomic mass is 32.2. The third-order valence-corrected chi connectivity index (χ3v) is 2.10. The van der Waals surface area contributed by atoms with Gasteiger partial charge >= 0.3 is 0 Å². The molecular formula is C8H16OS. The molecule has 0 N–H and O–H groups in total. The summed E-state index contributed by atoms with van der Waals surface area (Å²) >= 11 is 1.44. The summed E-state index contributed by atoms with van der Waals surface area (Å²) in [6.45, 7) is 8.09. The van der Waals surface area contributed by atoms with Gasteiger partial charge in [0.15, 0.2) is 5.12 Å². The first-order valence-electron chi connectivity index (χ1n) is 3.69. The van der Waals surface area contributed by atoms with E-state index in [-0.39, 0.29) is 5.12 Å². The SMILES string of the molecule is CC(=O)SC(C)CC(C)C. The molecule has 1 unspecified atom stereocenters. The molecule has 0 bridgehead atoms. The second-order valence-electron chi connectivity index (χ2n) is 3.05. The summed E-state index contributed by atoms with van der Waals surface area (Å²) in [7, 11) is 0. The summed E-state index contributed by atoms with van der Waals surface area (Å²) in [5.41, 5.74) is 0. The molecule has 1 nitrogen and oxygen atoms in total. The topological polar surface area (TPSA) is 17.1 Å². The molecule has 0 rings (SSSR count). The number of rotatable bonds is 3. The highest BCUT2D eigenvalue weighted by molar-refractivity contribution is 8.14. The second kappa shape index (κ2) is 4.78. The lowest BCUT2D eigenvalue weighted by Crippen LogP contribution is -2.03. The minimum atomic E-state index is 0.230. The fourth-order valence-electron chi connectivity index (χ4n) is 0.995. The molecule has 0 saturated heterocycles. The average molecular weight is 160 g/mol. The highest BCUT2D eigenvalue weighted by Crippen LogP contribution is 2.18. The molecule has 0 saturated carbocycles. The van der Waals surface area contributed by atoms with Crippen LogP contribution in [0.3, 0.4) is 0 Å². The van der Waals surface area contributed by atoms with Gasteiger partial charge in [-0.15, -0.1) is 0 Å². The molecule has 0 aliphatic carbocycles. The van der Waals surface area contributed by atoms with Gasteiger partial charge in [-0.3, -0.25) is 4.79 Å². The maximum Gasteiger partial charge on any atom is 0.186 e. The predicted octanol–water partition coefficient (Wildman–Crippen LogP) is 2.70. The summed E-state index contributed by atoms with van der Waals surface area (Å²) in [5, 5.41) is 0.714. The Morgan fingerprint density at radius 2 is 1.90 bits per heavy atom. The molecule has 1 atom stereocenters. The number of hydrogen-bond donors (Lipinski definition) is 0. The van der Waals surface area contributed by atoms with Crippen molar-refractivity contribution in [3.05, 3.63) is 0 Å². The summed E-state index contributed by atoms with van der Waals surface area (Å²) in [6.07, 6.45) is 1.13. The van der Waals surface area contributed by atoms with Crippen molar-refractivity contribution in [3.63, 3.8) is 0 Å². The van der Waals surface area contributed by atoms with Crippen LogP contribution >= 0.6 is 11.8 Å². The first-order valence-corrected chi connectivity index (χ1v) is 4.57. The molecule has 0 aromatic carbocycles. The van der Waals surface area contributed by atoms with Gasteiger partial charge < -0.3 is 0 Å². The van der Waals surface area contributed by atoms with E-state index in [1.807, 2.05) is 0 Å². The lowest BCUT2D eigenvalue weighted by molar-refractivity contribution is -0.109. The lowest BCUT2D eigenvalue weighted by atomic mass is 10.1. The van der Waals surface area contributed by atoms with Crippen LogP contribution in [-0.2, 0) is 4.79 Å². The molecule has 10 heavy (non-hydrogen) atoms. The van der Waals surface area contributed by atoms with Crippen LogP contribution in [0.25, 0.3) is 0 Å². The van der Waals surface area contributed by atoms with Gasteiger partial charge in [0.1, 0.15) is 0 Å². The summed E-state index contributed by atoms with van der Waals surface area (Å²) in [6, 6.07) is 0. The maximum atomic E-state index is 10.6. The number of carbonyl (C=O) groups is 1. The zero-order valence-corrected chi connectivity index (χ0v) is 7.99. The summed E-state index contributed by atoms with van der Waals surface area (Å²) < 4.78 is 0. The molecule has 0 radical (unpaired) electrons. The average Bonchev–Trinajstić information content (AvgIpc) is 1.58. The monoisotopic (exact) mass is 160 g/mol. The fraction of sp³-hybridized carbons (Fsp3) is 0.875. The first kappa shape index (κ1) is 10.0. The van der Waals surface area contributed by atoms with Gasteiger partial charge in [0.05, 0.1) is 0 Å². The Bertz CT molecular complexity index is 110. The van der Waals surface area contributed by atoms with Crippen molar-refractivity contribution in [2.75, 3.05) is 0 Å². The summed E-state index contributed by atoms with van der Waals surface area (Å²) in [4.78, 5) is 10.6. The van der Waals surface area contributed by atoms with Crippen molar-refractivity contribution in [2.45, 2.75) is 39.4 Å². The third-order valence-electron chi connectivity index (χ3n) is 1.17. The minimum Gasteiger partial charge on any atom is -0.288 e. The molecule has 0 amide bonds. The van der Waals surface area contributed by atoms with Gasteiger partial charge in [-0.1, -0.05) is 32.5 Å². The van der Waals surface area contributed by atoms with Crippen molar-refractivity contribution < 1.29 is 4.79 Å². The van der Waals surface area contributed by atoms with E-state index in [0.717, 1.165) is 6.42 Å². The number of hydrogen-bond acceptors (Lipinski definition) is 2.